The highest BCUT2D eigenvalue weighted by Gasteiger charge is 2.24. The summed E-state index contributed by atoms with van der Waals surface area (Å²) in [7, 11) is 0. The van der Waals surface area contributed by atoms with Crippen LogP contribution in [0.25, 0.3) is 0 Å². The van der Waals surface area contributed by atoms with E-state index < -0.39 is 0 Å². The normalized spacial score (nSPS) is 21.7. The zero-order valence-corrected chi connectivity index (χ0v) is 20.2. The average Bonchev–Trinajstić information content (AvgIpc) is 2.78. The largest absolute Gasteiger partial charge is 0.379 e. The monoisotopic (exact) mass is 446 g/mol. The fourth-order valence-corrected chi connectivity index (χ4v) is 4.51. The number of amides is 1. The van der Waals surface area contributed by atoms with E-state index in [1.165, 1.54) is 5.56 Å². The van der Waals surface area contributed by atoms with Gasteiger partial charge in [-0.25, -0.2) is 0 Å². The Bertz CT molecular complexity index is 666. The first-order valence-corrected chi connectivity index (χ1v) is 12.2. The summed E-state index contributed by atoms with van der Waals surface area (Å²) in [5.41, 5.74) is 1.23. The van der Waals surface area contributed by atoms with Gasteiger partial charge in [-0.3, -0.25) is 19.5 Å². The van der Waals surface area contributed by atoms with Crippen LogP contribution in [0.3, 0.4) is 0 Å². The molecule has 7 heteroatoms. The van der Waals surface area contributed by atoms with E-state index in [2.05, 4.69) is 65.1 Å². The molecule has 2 unspecified atom stereocenters. The summed E-state index contributed by atoms with van der Waals surface area (Å²) in [6.45, 7) is 16.6. The lowest BCUT2D eigenvalue weighted by molar-refractivity contribution is -0.124. The van der Waals surface area contributed by atoms with Crippen LogP contribution >= 0.6 is 0 Å². The summed E-state index contributed by atoms with van der Waals surface area (Å²) in [6, 6.07) is 10.7. The van der Waals surface area contributed by atoms with Gasteiger partial charge in [0, 0.05) is 58.4 Å². The summed E-state index contributed by atoms with van der Waals surface area (Å²) < 4.78 is 11.4. The van der Waals surface area contributed by atoms with Crippen molar-refractivity contribution in [1.29, 1.82) is 0 Å². The third-order valence-electron chi connectivity index (χ3n) is 6.20. The Hall–Kier alpha value is -1.51. The van der Waals surface area contributed by atoms with E-state index in [-0.39, 0.29) is 18.1 Å². The summed E-state index contributed by atoms with van der Waals surface area (Å²) in [5, 5.41) is 3.14. The number of carbonyl (C=O) groups is 1. The first-order chi connectivity index (χ1) is 15.5. The van der Waals surface area contributed by atoms with Gasteiger partial charge in [0.25, 0.3) is 0 Å². The van der Waals surface area contributed by atoms with Gasteiger partial charge in [0.1, 0.15) is 0 Å². The molecule has 0 aromatic heterocycles. The maximum Gasteiger partial charge on any atom is 0.234 e. The molecule has 2 fully saturated rings. The highest BCUT2D eigenvalue weighted by atomic mass is 16.5. The molecule has 1 aromatic carbocycles. The van der Waals surface area contributed by atoms with Gasteiger partial charge >= 0.3 is 0 Å². The first-order valence-electron chi connectivity index (χ1n) is 12.2. The molecule has 1 amide bonds. The molecule has 32 heavy (non-hydrogen) atoms. The molecule has 0 bridgehead atoms. The van der Waals surface area contributed by atoms with Gasteiger partial charge in [-0.15, -0.1) is 0 Å². The quantitative estimate of drug-likeness (QED) is 0.558. The van der Waals surface area contributed by atoms with Crippen LogP contribution in [-0.2, 0) is 20.8 Å². The molecule has 0 radical (unpaired) electrons. The van der Waals surface area contributed by atoms with Crippen LogP contribution < -0.4 is 5.32 Å². The number of hydrogen-bond acceptors (Lipinski definition) is 6. The summed E-state index contributed by atoms with van der Waals surface area (Å²) >= 11 is 0. The minimum atomic E-state index is 0.0688. The van der Waals surface area contributed by atoms with Crippen molar-refractivity contribution in [3.05, 3.63) is 35.9 Å². The second-order valence-electron chi connectivity index (χ2n) is 9.60. The van der Waals surface area contributed by atoms with Crippen LogP contribution in [0.1, 0.15) is 26.3 Å². The van der Waals surface area contributed by atoms with E-state index in [4.69, 9.17) is 9.47 Å². The zero-order chi connectivity index (χ0) is 22.8. The molecule has 1 N–H and O–H groups in total. The first kappa shape index (κ1) is 25.1. The van der Waals surface area contributed by atoms with Crippen molar-refractivity contribution in [2.45, 2.75) is 39.5 Å². The summed E-state index contributed by atoms with van der Waals surface area (Å²) in [5.74, 6) is 0.710. The lowest BCUT2D eigenvalue weighted by Gasteiger charge is -2.35. The molecule has 1 aromatic rings. The van der Waals surface area contributed by atoms with E-state index >= 15 is 0 Å². The number of nitrogens with zero attached hydrogens (tertiary/aromatic N) is 3. The van der Waals surface area contributed by atoms with E-state index in [1.54, 1.807) is 0 Å². The Balaban J connectivity index is 1.51. The van der Waals surface area contributed by atoms with Crippen LogP contribution in [-0.4, -0.2) is 105 Å². The Morgan fingerprint density at radius 2 is 1.78 bits per heavy atom. The van der Waals surface area contributed by atoms with Crippen molar-refractivity contribution in [3.63, 3.8) is 0 Å². The van der Waals surface area contributed by atoms with Gasteiger partial charge in [0.2, 0.25) is 5.91 Å². The van der Waals surface area contributed by atoms with Gasteiger partial charge in [-0.1, -0.05) is 44.2 Å². The third kappa shape index (κ3) is 8.79. The third-order valence-corrected chi connectivity index (χ3v) is 6.20. The topological polar surface area (TPSA) is 57.3 Å². The smallest absolute Gasteiger partial charge is 0.234 e. The van der Waals surface area contributed by atoms with E-state index in [0.29, 0.717) is 19.0 Å². The molecule has 3 rings (SSSR count). The number of morpholine rings is 2. The van der Waals surface area contributed by atoms with Crippen molar-refractivity contribution in [3.8, 4) is 0 Å². The van der Waals surface area contributed by atoms with Crippen LogP contribution in [0.4, 0.5) is 0 Å². The number of ether oxygens (including phenoxy) is 2. The molecule has 0 spiro atoms. The fourth-order valence-electron chi connectivity index (χ4n) is 4.51. The molecular formula is C25H42N4O3. The lowest BCUT2D eigenvalue weighted by atomic mass is 10.1. The van der Waals surface area contributed by atoms with Crippen LogP contribution in [0.5, 0.6) is 0 Å². The fraction of sp³-hybridized carbons (Fsp3) is 0.720. The maximum atomic E-state index is 12.9. The standard InChI is InChI=1S/C25H42N4O3/c1-21(2)16-28-11-14-32-24(19-28)15-26-25(30)20-29(18-23-7-5-4-6-8-23)22(3)17-27-9-12-31-13-10-27/h4-8,21-22,24H,9-20H2,1-3H3,(H,26,30). The van der Waals surface area contributed by atoms with Gasteiger partial charge in [0.15, 0.2) is 0 Å². The highest BCUT2D eigenvalue weighted by molar-refractivity contribution is 5.78. The molecule has 0 aliphatic carbocycles. The average molecular weight is 447 g/mol. The van der Waals surface area contributed by atoms with Crippen LogP contribution in [0.2, 0.25) is 0 Å². The Labute approximate surface area is 194 Å². The predicted octanol–water partition coefficient (Wildman–Crippen LogP) is 1.68. The molecule has 2 heterocycles. The number of rotatable bonds is 11. The minimum absolute atomic E-state index is 0.0688. The molecule has 7 nitrogen and oxygen atoms in total. The molecule has 2 aliphatic rings. The van der Waals surface area contributed by atoms with Crippen molar-refractivity contribution in [2.75, 3.05) is 72.2 Å². The van der Waals surface area contributed by atoms with Crippen LogP contribution in [0, 0.1) is 5.92 Å². The summed E-state index contributed by atoms with van der Waals surface area (Å²) in [6.07, 6.45) is 0.0693. The second kappa shape index (κ2) is 13.3. The zero-order valence-electron chi connectivity index (χ0n) is 20.2. The van der Waals surface area contributed by atoms with E-state index in [0.717, 1.165) is 65.6 Å². The molecule has 2 aliphatic heterocycles. The molecule has 2 atom stereocenters. The van der Waals surface area contributed by atoms with Crippen molar-refractivity contribution in [1.82, 2.24) is 20.0 Å². The lowest BCUT2D eigenvalue weighted by Crippen LogP contribution is -2.51. The highest BCUT2D eigenvalue weighted by Crippen LogP contribution is 2.11. The number of hydrogen-bond donors (Lipinski definition) is 1. The number of carbonyl (C=O) groups excluding carboxylic acids is 1. The van der Waals surface area contributed by atoms with E-state index in [1.807, 2.05) is 6.07 Å². The molecule has 180 valence electrons. The molecule has 0 saturated carbocycles. The van der Waals surface area contributed by atoms with Crippen molar-refractivity contribution in [2.24, 2.45) is 5.92 Å². The predicted molar refractivity (Wildman–Crippen MR) is 128 cm³/mol. The SMILES string of the molecule is CC(C)CN1CCOC(CNC(=O)CN(Cc2ccccc2)C(C)CN2CCOCC2)C1. The van der Waals surface area contributed by atoms with Gasteiger partial charge in [0.05, 0.1) is 32.5 Å². The van der Waals surface area contributed by atoms with Gasteiger partial charge in [-0.2, -0.15) is 0 Å². The second-order valence-corrected chi connectivity index (χ2v) is 9.60. The van der Waals surface area contributed by atoms with E-state index in [9.17, 15) is 4.79 Å². The van der Waals surface area contributed by atoms with Crippen molar-refractivity contribution < 1.29 is 14.3 Å². The minimum Gasteiger partial charge on any atom is -0.379 e. The Morgan fingerprint density at radius 1 is 1.06 bits per heavy atom. The molecule has 2 saturated heterocycles. The Kier molecular flexibility index (Phi) is 10.4. The Morgan fingerprint density at radius 3 is 2.50 bits per heavy atom. The van der Waals surface area contributed by atoms with Gasteiger partial charge in [-0.05, 0) is 18.4 Å². The maximum absolute atomic E-state index is 12.9. The number of benzene rings is 1. The molecular weight excluding hydrogens is 404 g/mol. The summed E-state index contributed by atoms with van der Waals surface area (Å²) in [4.78, 5) is 20.0. The van der Waals surface area contributed by atoms with Crippen molar-refractivity contribution >= 4 is 5.91 Å². The van der Waals surface area contributed by atoms with Gasteiger partial charge < -0.3 is 14.8 Å². The van der Waals surface area contributed by atoms with Crippen LogP contribution in [0.15, 0.2) is 30.3 Å². The number of nitrogens with one attached hydrogen (secondary N) is 1.